The zero-order valence-electron chi connectivity index (χ0n) is 13.2. The van der Waals surface area contributed by atoms with Gasteiger partial charge >= 0.3 is 6.18 Å². The van der Waals surface area contributed by atoms with Crippen LogP contribution in [0, 0.1) is 0 Å². The first-order valence-corrected chi connectivity index (χ1v) is 7.28. The van der Waals surface area contributed by atoms with Gasteiger partial charge in [0.15, 0.2) is 0 Å². The standard InChI is InChI=1S/C14H14F3N7O/c1-25-13-10(2-3-12(20-13)14(15,16)17)6-24-7-11(21-22-24)4-5-23-9-18-8-19-23/h2-3,7-9H,4-6H2,1H3. The second kappa shape index (κ2) is 6.87. The number of methoxy groups -OCH3 is 1. The molecule has 0 saturated carbocycles. The number of rotatable bonds is 6. The SMILES string of the molecule is COc1nc(C(F)(F)F)ccc1Cn1cc(CCn2cncn2)nn1. The molecule has 0 aliphatic heterocycles. The van der Waals surface area contributed by atoms with Crippen LogP contribution in [0.5, 0.6) is 5.88 Å². The molecule has 132 valence electrons. The summed E-state index contributed by atoms with van der Waals surface area (Å²) in [7, 11) is 1.27. The molecule has 0 fully saturated rings. The van der Waals surface area contributed by atoms with Gasteiger partial charge in [-0.3, -0.25) is 4.68 Å². The molecule has 0 atom stereocenters. The van der Waals surface area contributed by atoms with Crippen molar-refractivity contribution in [2.24, 2.45) is 0 Å². The maximum Gasteiger partial charge on any atom is 0.433 e. The number of alkyl halides is 3. The van der Waals surface area contributed by atoms with Crippen molar-refractivity contribution < 1.29 is 17.9 Å². The molecule has 0 aliphatic carbocycles. The largest absolute Gasteiger partial charge is 0.481 e. The maximum absolute atomic E-state index is 12.7. The molecule has 0 amide bonds. The van der Waals surface area contributed by atoms with Gasteiger partial charge in [0.2, 0.25) is 5.88 Å². The lowest BCUT2D eigenvalue weighted by Gasteiger charge is -2.11. The second-order valence-corrected chi connectivity index (χ2v) is 5.18. The van der Waals surface area contributed by atoms with Crippen molar-refractivity contribution in [2.45, 2.75) is 25.7 Å². The molecule has 0 radical (unpaired) electrons. The van der Waals surface area contributed by atoms with Crippen LogP contribution in [-0.2, 0) is 25.7 Å². The molecule has 0 aliphatic rings. The average molecular weight is 353 g/mol. The molecule has 0 unspecified atom stereocenters. The van der Waals surface area contributed by atoms with E-state index in [2.05, 4.69) is 25.4 Å². The fourth-order valence-electron chi connectivity index (χ4n) is 2.21. The smallest absolute Gasteiger partial charge is 0.433 e. The van der Waals surface area contributed by atoms with E-state index in [1.807, 2.05) is 0 Å². The van der Waals surface area contributed by atoms with Crippen molar-refractivity contribution in [3.8, 4) is 5.88 Å². The number of hydrogen-bond acceptors (Lipinski definition) is 6. The Morgan fingerprint density at radius 2 is 2.04 bits per heavy atom. The fourth-order valence-corrected chi connectivity index (χ4v) is 2.21. The predicted octanol–water partition coefficient (Wildman–Crippen LogP) is 1.58. The van der Waals surface area contributed by atoms with Crippen LogP contribution < -0.4 is 4.74 Å². The minimum atomic E-state index is -4.52. The summed E-state index contributed by atoms with van der Waals surface area (Å²) in [6.45, 7) is 0.800. The summed E-state index contributed by atoms with van der Waals surface area (Å²) in [5.74, 6) is -0.0884. The molecule has 11 heteroatoms. The van der Waals surface area contributed by atoms with Gasteiger partial charge in [-0.1, -0.05) is 5.21 Å². The molecule has 3 heterocycles. The van der Waals surface area contributed by atoms with Gasteiger partial charge in [0.05, 0.1) is 19.3 Å². The van der Waals surface area contributed by atoms with Crippen LogP contribution in [0.3, 0.4) is 0 Å². The normalized spacial score (nSPS) is 11.7. The van der Waals surface area contributed by atoms with Crippen LogP contribution in [0.15, 0.2) is 31.0 Å². The Morgan fingerprint density at radius 1 is 1.20 bits per heavy atom. The molecule has 0 bridgehead atoms. The van der Waals surface area contributed by atoms with Crippen LogP contribution in [0.1, 0.15) is 17.0 Å². The molecule has 25 heavy (non-hydrogen) atoms. The van der Waals surface area contributed by atoms with Crippen LogP contribution in [0.4, 0.5) is 13.2 Å². The number of ether oxygens (including phenoxy) is 1. The zero-order chi connectivity index (χ0) is 17.9. The first-order valence-electron chi connectivity index (χ1n) is 7.28. The number of hydrogen-bond donors (Lipinski definition) is 0. The van der Waals surface area contributed by atoms with Gasteiger partial charge in [0.1, 0.15) is 18.3 Å². The number of aryl methyl sites for hydroxylation is 2. The first kappa shape index (κ1) is 16.9. The first-order chi connectivity index (χ1) is 12.0. The highest BCUT2D eigenvalue weighted by atomic mass is 19.4. The number of nitrogens with zero attached hydrogens (tertiary/aromatic N) is 7. The second-order valence-electron chi connectivity index (χ2n) is 5.18. The summed E-state index contributed by atoms with van der Waals surface area (Å²) >= 11 is 0. The van der Waals surface area contributed by atoms with Crippen LogP contribution in [0.2, 0.25) is 0 Å². The summed E-state index contributed by atoms with van der Waals surface area (Å²) in [4.78, 5) is 7.36. The average Bonchev–Trinajstić information content (AvgIpc) is 3.24. The Hall–Kier alpha value is -2.98. The molecule has 0 N–H and O–H groups in total. The number of pyridine rings is 1. The molecule has 0 aromatic carbocycles. The summed E-state index contributed by atoms with van der Waals surface area (Å²) < 4.78 is 46.3. The van der Waals surface area contributed by atoms with Crippen molar-refractivity contribution >= 4 is 0 Å². The van der Waals surface area contributed by atoms with Crippen molar-refractivity contribution in [2.75, 3.05) is 7.11 Å². The highest BCUT2D eigenvalue weighted by Gasteiger charge is 2.33. The molecule has 3 aromatic heterocycles. The Labute approximate surface area is 140 Å². The Kier molecular flexibility index (Phi) is 4.63. The van der Waals surface area contributed by atoms with E-state index in [0.29, 0.717) is 18.5 Å². The number of halogens is 3. The van der Waals surface area contributed by atoms with E-state index in [4.69, 9.17) is 4.74 Å². The minimum Gasteiger partial charge on any atom is -0.481 e. The Morgan fingerprint density at radius 3 is 2.72 bits per heavy atom. The van der Waals surface area contributed by atoms with E-state index in [1.54, 1.807) is 17.2 Å². The summed E-state index contributed by atoms with van der Waals surface area (Å²) in [5, 5.41) is 12.0. The molecule has 3 aromatic rings. The maximum atomic E-state index is 12.7. The van der Waals surface area contributed by atoms with E-state index in [-0.39, 0.29) is 12.4 Å². The zero-order valence-corrected chi connectivity index (χ0v) is 13.2. The molecular weight excluding hydrogens is 339 g/mol. The van der Waals surface area contributed by atoms with Gasteiger partial charge < -0.3 is 4.74 Å². The highest BCUT2D eigenvalue weighted by molar-refractivity contribution is 5.29. The third-order valence-electron chi connectivity index (χ3n) is 3.40. The third kappa shape index (κ3) is 4.11. The van der Waals surface area contributed by atoms with E-state index >= 15 is 0 Å². The van der Waals surface area contributed by atoms with E-state index in [0.717, 1.165) is 11.8 Å². The topological polar surface area (TPSA) is 83.5 Å². The third-order valence-corrected chi connectivity index (χ3v) is 3.40. The Bertz CT molecular complexity index is 829. The molecule has 8 nitrogen and oxygen atoms in total. The van der Waals surface area contributed by atoms with E-state index < -0.39 is 11.9 Å². The van der Waals surface area contributed by atoms with Gasteiger partial charge in [-0.05, 0) is 12.1 Å². The lowest BCUT2D eigenvalue weighted by molar-refractivity contribution is -0.141. The highest BCUT2D eigenvalue weighted by Crippen LogP contribution is 2.30. The lowest BCUT2D eigenvalue weighted by Crippen LogP contribution is -2.11. The van der Waals surface area contributed by atoms with Crippen LogP contribution >= 0.6 is 0 Å². The van der Waals surface area contributed by atoms with Gasteiger partial charge in [-0.15, -0.1) is 5.10 Å². The molecular formula is C14H14F3N7O. The van der Waals surface area contributed by atoms with Crippen LogP contribution in [-0.4, -0.2) is 41.9 Å². The van der Waals surface area contributed by atoms with Gasteiger partial charge in [-0.25, -0.2) is 14.6 Å². The fraction of sp³-hybridized carbons (Fsp3) is 0.357. The van der Waals surface area contributed by atoms with Crippen LogP contribution in [0.25, 0.3) is 0 Å². The summed E-state index contributed by atoms with van der Waals surface area (Å²) in [6.07, 6.45) is 0.845. The predicted molar refractivity (Wildman–Crippen MR) is 78.6 cm³/mol. The van der Waals surface area contributed by atoms with Gasteiger partial charge in [0.25, 0.3) is 0 Å². The van der Waals surface area contributed by atoms with Crippen molar-refractivity contribution in [1.29, 1.82) is 0 Å². The van der Waals surface area contributed by atoms with Gasteiger partial charge in [0, 0.05) is 24.7 Å². The quantitative estimate of drug-likeness (QED) is 0.669. The summed E-state index contributed by atoms with van der Waals surface area (Å²) in [6, 6.07) is 2.24. The van der Waals surface area contributed by atoms with Crippen molar-refractivity contribution in [3.05, 3.63) is 47.9 Å². The molecule has 0 spiro atoms. The monoisotopic (exact) mass is 353 g/mol. The van der Waals surface area contributed by atoms with E-state index in [1.165, 1.54) is 24.2 Å². The summed E-state index contributed by atoms with van der Waals surface area (Å²) in [5.41, 5.74) is 0.206. The molecule has 3 rings (SSSR count). The molecule has 0 saturated heterocycles. The number of aromatic nitrogens is 7. The van der Waals surface area contributed by atoms with Gasteiger partial charge in [-0.2, -0.15) is 18.3 Å². The Balaban J connectivity index is 1.70. The van der Waals surface area contributed by atoms with Crippen molar-refractivity contribution in [3.63, 3.8) is 0 Å². The van der Waals surface area contributed by atoms with E-state index in [9.17, 15) is 13.2 Å². The lowest BCUT2D eigenvalue weighted by atomic mass is 10.2. The minimum absolute atomic E-state index is 0.0884. The van der Waals surface area contributed by atoms with Crippen molar-refractivity contribution in [1.82, 2.24) is 34.7 Å².